The van der Waals surface area contributed by atoms with Crippen LogP contribution < -0.4 is 0 Å². The number of nitrogens with zero attached hydrogens (tertiary/aromatic N) is 1. The van der Waals surface area contributed by atoms with Gasteiger partial charge in [-0.05, 0) is 23.6 Å². The molecule has 1 aliphatic rings. The molecule has 25 heavy (non-hydrogen) atoms. The Morgan fingerprint density at radius 2 is 1.80 bits per heavy atom. The monoisotopic (exact) mass is 339 g/mol. The molecule has 0 saturated carbocycles. The number of fused-ring (bicyclic) bond motifs is 1. The second kappa shape index (κ2) is 7.21. The van der Waals surface area contributed by atoms with Crippen molar-refractivity contribution in [2.24, 2.45) is 0 Å². The molecule has 128 valence electrons. The molecular formula is C20H18FNO3. The van der Waals surface area contributed by atoms with Crippen LogP contribution in [0.2, 0.25) is 0 Å². The first-order chi connectivity index (χ1) is 12.0. The maximum atomic E-state index is 13.6. The summed E-state index contributed by atoms with van der Waals surface area (Å²) in [6.45, 7) is 1.26. The third kappa shape index (κ3) is 3.88. The van der Waals surface area contributed by atoms with Crippen molar-refractivity contribution in [3.63, 3.8) is 0 Å². The second-order valence-electron chi connectivity index (χ2n) is 5.86. The normalized spacial score (nSPS) is 14.2. The van der Waals surface area contributed by atoms with Gasteiger partial charge in [0, 0.05) is 30.8 Å². The summed E-state index contributed by atoms with van der Waals surface area (Å²) in [7, 11) is 0. The Labute approximate surface area is 145 Å². The van der Waals surface area contributed by atoms with Gasteiger partial charge in [-0.25, -0.2) is 4.39 Å². The molecule has 1 aliphatic heterocycles. The van der Waals surface area contributed by atoms with Gasteiger partial charge in [0.2, 0.25) is 5.91 Å². The van der Waals surface area contributed by atoms with E-state index in [-0.39, 0.29) is 11.5 Å². The van der Waals surface area contributed by atoms with Crippen molar-refractivity contribution in [3.05, 3.63) is 77.1 Å². The molecule has 1 amide bonds. The Kier molecular flexibility index (Phi) is 4.84. The Bertz CT molecular complexity index is 858. The fourth-order valence-electron chi connectivity index (χ4n) is 2.78. The molecule has 3 rings (SSSR count). The summed E-state index contributed by atoms with van der Waals surface area (Å²) < 4.78 is 13.6. The van der Waals surface area contributed by atoms with E-state index in [2.05, 4.69) is 6.07 Å². The van der Waals surface area contributed by atoms with E-state index in [0.29, 0.717) is 13.1 Å². The van der Waals surface area contributed by atoms with Crippen molar-refractivity contribution >= 4 is 12.0 Å². The highest BCUT2D eigenvalue weighted by Crippen LogP contribution is 2.28. The van der Waals surface area contributed by atoms with E-state index >= 15 is 0 Å². The van der Waals surface area contributed by atoms with Crippen molar-refractivity contribution in [2.75, 3.05) is 6.54 Å². The van der Waals surface area contributed by atoms with E-state index in [1.54, 1.807) is 4.90 Å². The molecule has 0 fully saturated rings. The Morgan fingerprint density at radius 3 is 2.60 bits per heavy atom. The van der Waals surface area contributed by atoms with Gasteiger partial charge in [0.15, 0.2) is 11.5 Å². The average molecular weight is 339 g/mol. The molecule has 4 nitrogen and oxygen atoms in total. The van der Waals surface area contributed by atoms with Crippen molar-refractivity contribution < 1.29 is 19.4 Å². The lowest BCUT2D eigenvalue weighted by atomic mass is 10.00. The number of amides is 1. The van der Waals surface area contributed by atoms with Crippen molar-refractivity contribution in [1.29, 1.82) is 0 Å². The highest BCUT2D eigenvalue weighted by molar-refractivity contribution is 5.88. The Hall–Kier alpha value is -3.08. The van der Waals surface area contributed by atoms with Gasteiger partial charge in [-0.1, -0.05) is 42.5 Å². The van der Waals surface area contributed by atoms with Crippen LogP contribution in [0.25, 0.3) is 6.08 Å². The van der Waals surface area contributed by atoms with Crippen LogP contribution in [-0.4, -0.2) is 27.6 Å². The lowest BCUT2D eigenvalue weighted by molar-refractivity contribution is -0.126. The first-order valence-electron chi connectivity index (χ1n) is 7.96. The van der Waals surface area contributed by atoms with Crippen molar-refractivity contribution in [3.8, 4) is 11.5 Å². The molecule has 5 heteroatoms. The average Bonchev–Trinajstić information content (AvgIpc) is 2.62. The Balaban J connectivity index is 1.63. The maximum Gasteiger partial charge on any atom is 0.246 e. The number of phenols is 2. The molecule has 0 unspecified atom stereocenters. The minimum atomic E-state index is -0.654. The van der Waals surface area contributed by atoms with Crippen LogP contribution in [0.1, 0.15) is 16.7 Å². The number of benzene rings is 2. The molecular weight excluding hydrogens is 321 g/mol. The fraction of sp³-hybridized carbons (Fsp3) is 0.150. The van der Waals surface area contributed by atoms with Gasteiger partial charge < -0.3 is 15.1 Å². The third-order valence-electron chi connectivity index (χ3n) is 4.16. The number of carbonyl (C=O) groups excluding carboxylic acids is 1. The molecule has 2 N–H and O–H groups in total. The summed E-state index contributed by atoms with van der Waals surface area (Å²) in [4.78, 5) is 14.0. The van der Waals surface area contributed by atoms with Gasteiger partial charge in [-0.3, -0.25) is 4.79 Å². The van der Waals surface area contributed by atoms with E-state index in [1.807, 2.05) is 18.2 Å². The van der Waals surface area contributed by atoms with Gasteiger partial charge in [-0.15, -0.1) is 0 Å². The van der Waals surface area contributed by atoms with Gasteiger partial charge in [0.05, 0.1) is 0 Å². The zero-order valence-electron chi connectivity index (χ0n) is 13.5. The van der Waals surface area contributed by atoms with Crippen molar-refractivity contribution in [2.45, 2.75) is 13.0 Å². The molecule has 0 radical (unpaired) electrons. The number of carbonyl (C=O) groups is 1. The molecule has 0 spiro atoms. The summed E-state index contributed by atoms with van der Waals surface area (Å²) in [6.07, 6.45) is 6.74. The van der Waals surface area contributed by atoms with Gasteiger partial charge in [0.1, 0.15) is 5.82 Å². The molecule has 2 aromatic carbocycles. The first kappa shape index (κ1) is 16.8. The number of rotatable bonds is 3. The number of halogens is 1. The lowest BCUT2D eigenvalue weighted by Crippen LogP contribution is -2.34. The minimum absolute atomic E-state index is 0.104. The van der Waals surface area contributed by atoms with Gasteiger partial charge in [0.25, 0.3) is 0 Å². The quantitative estimate of drug-likeness (QED) is 0.512. The molecule has 0 bridgehead atoms. The van der Waals surface area contributed by atoms with Crippen LogP contribution in [0.5, 0.6) is 11.5 Å². The van der Waals surface area contributed by atoms with Crippen molar-refractivity contribution in [1.82, 2.24) is 4.90 Å². The zero-order chi connectivity index (χ0) is 17.8. The molecule has 0 saturated heterocycles. The summed E-state index contributed by atoms with van der Waals surface area (Å²) in [5, 5.41) is 18.6. The summed E-state index contributed by atoms with van der Waals surface area (Å²) in [5.41, 5.74) is 2.56. The van der Waals surface area contributed by atoms with E-state index < -0.39 is 17.3 Å². The number of hydrogen-bond acceptors (Lipinski definition) is 3. The van der Waals surface area contributed by atoms with Gasteiger partial charge in [-0.2, -0.15) is 0 Å². The van der Waals surface area contributed by atoms with E-state index in [1.165, 1.54) is 29.9 Å². The fourth-order valence-corrected chi connectivity index (χ4v) is 2.78. The standard InChI is InChI=1S/C20H18FNO3/c21-17-12-19(24)18(23)11-15(17)6-3-4-8-20(25)22-10-9-14-5-1-2-7-16(14)13-22/h1-8,11-12,23-24H,9-10,13H2/b6-3+,8-4+. The van der Waals surface area contributed by atoms with E-state index in [4.69, 9.17) is 0 Å². The topological polar surface area (TPSA) is 60.8 Å². The third-order valence-corrected chi connectivity index (χ3v) is 4.16. The highest BCUT2D eigenvalue weighted by Gasteiger charge is 2.18. The number of allylic oxidation sites excluding steroid dienone is 2. The van der Waals surface area contributed by atoms with Gasteiger partial charge >= 0.3 is 0 Å². The first-order valence-corrected chi connectivity index (χ1v) is 7.96. The van der Waals surface area contributed by atoms with E-state index in [9.17, 15) is 19.4 Å². The van der Waals surface area contributed by atoms with Crippen LogP contribution in [-0.2, 0) is 17.8 Å². The lowest BCUT2D eigenvalue weighted by Gasteiger charge is -2.27. The SMILES string of the molecule is O=C(/C=C/C=C/c1cc(O)c(O)cc1F)N1CCc2ccccc2C1. The summed E-state index contributed by atoms with van der Waals surface area (Å²) in [5.74, 6) is -1.66. The smallest absolute Gasteiger partial charge is 0.246 e. The number of hydrogen-bond donors (Lipinski definition) is 2. The molecule has 0 aromatic heterocycles. The van der Waals surface area contributed by atoms with Crippen LogP contribution in [0.3, 0.4) is 0 Å². The highest BCUT2D eigenvalue weighted by atomic mass is 19.1. The van der Waals surface area contributed by atoms with Crippen LogP contribution >= 0.6 is 0 Å². The molecule has 1 heterocycles. The molecule has 2 aromatic rings. The maximum absolute atomic E-state index is 13.6. The van der Waals surface area contributed by atoms with E-state index in [0.717, 1.165) is 24.1 Å². The molecule has 0 aliphatic carbocycles. The largest absolute Gasteiger partial charge is 0.504 e. The van der Waals surface area contributed by atoms with Crippen LogP contribution in [0.4, 0.5) is 4.39 Å². The summed E-state index contributed by atoms with van der Waals surface area (Å²) in [6, 6.07) is 10.0. The Morgan fingerprint density at radius 1 is 1.08 bits per heavy atom. The predicted octanol–water partition coefficient (Wildman–Crippen LogP) is 3.39. The number of aromatic hydroxyl groups is 2. The second-order valence-corrected chi connectivity index (χ2v) is 5.86. The van der Waals surface area contributed by atoms with Crippen LogP contribution in [0, 0.1) is 5.82 Å². The minimum Gasteiger partial charge on any atom is -0.504 e. The van der Waals surface area contributed by atoms with Crippen LogP contribution in [0.15, 0.2) is 54.6 Å². The predicted molar refractivity (Wildman–Crippen MR) is 93.5 cm³/mol. The summed E-state index contributed by atoms with van der Waals surface area (Å²) >= 11 is 0. The number of phenolic OH excluding ortho intramolecular Hbond substituents is 2. The zero-order valence-corrected chi connectivity index (χ0v) is 13.5. The molecule has 0 atom stereocenters.